The molecule has 3 aromatic rings. The zero-order valence-electron chi connectivity index (χ0n) is 20.5. The molecule has 0 aliphatic carbocycles. The summed E-state index contributed by atoms with van der Waals surface area (Å²) in [5.41, 5.74) is 21.2. The number of aliphatic imine (C=N–C) groups is 1. The molecular formula is C25H32N8OS. The number of benzene rings is 2. The van der Waals surface area contributed by atoms with Gasteiger partial charge in [0.05, 0.1) is 25.0 Å². The quantitative estimate of drug-likeness (QED) is 0.128. The summed E-state index contributed by atoms with van der Waals surface area (Å²) in [6, 6.07) is 16.2. The lowest BCUT2D eigenvalue weighted by Crippen LogP contribution is -2.22. The third-order valence-electron chi connectivity index (χ3n) is 4.86. The molecule has 35 heavy (non-hydrogen) atoms. The SMILES string of the molecule is C/C=C(\ON(C)Cc1ccc(CN=C(N)N)cc1)c1nc(-c2ccc(SN(C)C)cc2)cnc1N. The first-order valence-electron chi connectivity index (χ1n) is 11.0. The molecule has 6 N–H and O–H groups in total. The summed E-state index contributed by atoms with van der Waals surface area (Å²) in [6.45, 7) is 2.88. The molecule has 0 fully saturated rings. The van der Waals surface area contributed by atoms with Crippen LogP contribution in [-0.4, -0.2) is 46.4 Å². The number of rotatable bonds is 10. The highest BCUT2D eigenvalue weighted by Crippen LogP contribution is 2.27. The van der Waals surface area contributed by atoms with Crippen molar-refractivity contribution in [1.82, 2.24) is 19.3 Å². The van der Waals surface area contributed by atoms with E-state index >= 15 is 0 Å². The van der Waals surface area contributed by atoms with E-state index in [1.807, 2.05) is 74.8 Å². The highest BCUT2D eigenvalue weighted by Gasteiger charge is 2.15. The maximum atomic E-state index is 6.17. The molecule has 0 radical (unpaired) electrons. The van der Waals surface area contributed by atoms with Gasteiger partial charge in [-0.25, -0.2) is 15.0 Å². The van der Waals surface area contributed by atoms with Crippen molar-refractivity contribution < 1.29 is 4.84 Å². The van der Waals surface area contributed by atoms with Crippen LogP contribution in [0.25, 0.3) is 17.0 Å². The number of nitrogens with zero attached hydrogens (tertiary/aromatic N) is 5. The van der Waals surface area contributed by atoms with E-state index in [0.29, 0.717) is 30.4 Å². The first-order valence-corrected chi connectivity index (χ1v) is 11.8. The molecule has 184 valence electrons. The second-order valence-corrected chi connectivity index (χ2v) is 9.39. The van der Waals surface area contributed by atoms with E-state index in [-0.39, 0.29) is 5.96 Å². The lowest BCUT2D eigenvalue weighted by Gasteiger charge is -2.20. The maximum Gasteiger partial charge on any atom is 0.186 e. The van der Waals surface area contributed by atoms with Crippen LogP contribution in [0.1, 0.15) is 23.7 Å². The molecule has 0 amide bonds. The Morgan fingerprint density at radius 2 is 1.69 bits per heavy atom. The summed E-state index contributed by atoms with van der Waals surface area (Å²) in [5, 5.41) is 1.72. The minimum Gasteiger partial charge on any atom is -0.404 e. The fraction of sp³-hybridized carbons (Fsp3) is 0.240. The van der Waals surface area contributed by atoms with Gasteiger partial charge in [0, 0.05) is 17.5 Å². The average Bonchev–Trinajstić information content (AvgIpc) is 2.83. The predicted octanol–water partition coefficient (Wildman–Crippen LogP) is 3.49. The Balaban J connectivity index is 1.71. The molecule has 1 heterocycles. The summed E-state index contributed by atoms with van der Waals surface area (Å²) < 4.78 is 2.05. The van der Waals surface area contributed by atoms with Crippen LogP contribution in [0, 0.1) is 0 Å². The van der Waals surface area contributed by atoms with Crippen molar-refractivity contribution in [2.75, 3.05) is 26.9 Å². The normalized spacial score (nSPS) is 11.7. The van der Waals surface area contributed by atoms with E-state index in [9.17, 15) is 0 Å². The number of nitrogen functional groups attached to an aromatic ring is 1. The summed E-state index contributed by atoms with van der Waals surface area (Å²) in [4.78, 5) is 20.4. The molecule has 0 atom stereocenters. The number of hydroxylamine groups is 2. The van der Waals surface area contributed by atoms with Gasteiger partial charge in [-0.05, 0) is 62.3 Å². The van der Waals surface area contributed by atoms with Crippen LogP contribution in [0.5, 0.6) is 0 Å². The van der Waals surface area contributed by atoms with Gasteiger partial charge in [0.15, 0.2) is 17.5 Å². The van der Waals surface area contributed by atoms with E-state index in [2.05, 4.69) is 22.1 Å². The Kier molecular flexibility index (Phi) is 9.07. The van der Waals surface area contributed by atoms with Crippen molar-refractivity contribution in [3.63, 3.8) is 0 Å². The summed E-state index contributed by atoms with van der Waals surface area (Å²) in [7, 11) is 5.87. The van der Waals surface area contributed by atoms with Crippen LogP contribution < -0.4 is 17.2 Å². The number of guanidine groups is 1. The van der Waals surface area contributed by atoms with Gasteiger partial charge in [-0.2, -0.15) is 0 Å². The number of aromatic nitrogens is 2. The summed E-state index contributed by atoms with van der Waals surface area (Å²) >= 11 is 1.66. The second-order valence-electron chi connectivity index (χ2n) is 8.00. The van der Waals surface area contributed by atoms with E-state index in [1.54, 1.807) is 23.2 Å². The molecule has 0 aliphatic heterocycles. The van der Waals surface area contributed by atoms with Gasteiger partial charge < -0.3 is 22.0 Å². The van der Waals surface area contributed by atoms with Crippen molar-refractivity contribution in [3.05, 3.63) is 77.6 Å². The molecule has 3 rings (SSSR count). The summed E-state index contributed by atoms with van der Waals surface area (Å²) in [6.07, 6.45) is 3.50. The highest BCUT2D eigenvalue weighted by molar-refractivity contribution is 7.97. The molecular weight excluding hydrogens is 460 g/mol. The van der Waals surface area contributed by atoms with E-state index in [0.717, 1.165) is 27.3 Å². The fourth-order valence-electron chi connectivity index (χ4n) is 3.24. The molecule has 0 bridgehead atoms. The van der Waals surface area contributed by atoms with Gasteiger partial charge in [0.2, 0.25) is 0 Å². The zero-order valence-corrected chi connectivity index (χ0v) is 21.3. The van der Waals surface area contributed by atoms with Gasteiger partial charge >= 0.3 is 0 Å². The van der Waals surface area contributed by atoms with Gasteiger partial charge in [0.1, 0.15) is 5.69 Å². The van der Waals surface area contributed by atoms with E-state index in [4.69, 9.17) is 27.0 Å². The molecule has 0 spiro atoms. The van der Waals surface area contributed by atoms with Crippen LogP contribution in [-0.2, 0) is 17.9 Å². The Morgan fingerprint density at radius 3 is 2.29 bits per heavy atom. The monoisotopic (exact) mass is 492 g/mol. The first-order chi connectivity index (χ1) is 16.7. The van der Waals surface area contributed by atoms with Crippen molar-refractivity contribution in [2.24, 2.45) is 16.5 Å². The van der Waals surface area contributed by atoms with E-state index < -0.39 is 0 Å². The average molecular weight is 493 g/mol. The molecule has 9 nitrogen and oxygen atoms in total. The van der Waals surface area contributed by atoms with Gasteiger partial charge in [-0.1, -0.05) is 36.4 Å². The number of hydrogen-bond donors (Lipinski definition) is 3. The first kappa shape index (κ1) is 26.0. The molecule has 2 aromatic carbocycles. The zero-order chi connectivity index (χ0) is 25.4. The number of hydrogen-bond acceptors (Lipinski definition) is 8. The maximum absolute atomic E-state index is 6.17. The number of anilines is 1. The van der Waals surface area contributed by atoms with E-state index in [1.165, 1.54) is 0 Å². The topological polar surface area (TPSA) is 132 Å². The highest BCUT2D eigenvalue weighted by atomic mass is 32.2. The minimum atomic E-state index is 0.0767. The third kappa shape index (κ3) is 7.71. The molecule has 0 unspecified atom stereocenters. The second kappa shape index (κ2) is 12.2. The van der Waals surface area contributed by atoms with Crippen LogP contribution >= 0.6 is 11.9 Å². The minimum absolute atomic E-state index is 0.0767. The molecule has 0 saturated carbocycles. The van der Waals surface area contributed by atoms with Crippen molar-refractivity contribution in [2.45, 2.75) is 24.9 Å². The van der Waals surface area contributed by atoms with Gasteiger partial charge in [0.25, 0.3) is 0 Å². The van der Waals surface area contributed by atoms with Gasteiger partial charge in [-0.3, -0.25) is 4.31 Å². The van der Waals surface area contributed by atoms with Crippen molar-refractivity contribution in [1.29, 1.82) is 0 Å². The molecule has 0 aliphatic rings. The number of allylic oxidation sites excluding steroid dienone is 1. The largest absolute Gasteiger partial charge is 0.404 e. The lowest BCUT2D eigenvalue weighted by atomic mass is 10.1. The summed E-state index contributed by atoms with van der Waals surface area (Å²) in [5.74, 6) is 0.913. The van der Waals surface area contributed by atoms with Crippen LogP contribution in [0.15, 0.2) is 70.7 Å². The Morgan fingerprint density at radius 1 is 1.03 bits per heavy atom. The Bertz CT molecular complexity index is 1170. The van der Waals surface area contributed by atoms with Gasteiger partial charge in [-0.15, -0.1) is 5.06 Å². The lowest BCUT2D eigenvalue weighted by molar-refractivity contribution is -0.0709. The Labute approximate surface area is 210 Å². The van der Waals surface area contributed by atoms with Crippen molar-refractivity contribution >= 4 is 29.5 Å². The van der Waals surface area contributed by atoms with Crippen molar-refractivity contribution in [3.8, 4) is 11.3 Å². The molecule has 10 heteroatoms. The standard InChI is InChI=1S/C25H32N8OS/c1-5-22(34-33(4)16-18-8-6-17(7-9-18)14-30-25(27)28)23-24(26)29-15-21(31-23)19-10-12-20(13-11-19)35-32(2)3/h5-13,15H,14,16H2,1-4H3,(H2,26,29)(H4,27,28,30)/b22-5-. The third-order valence-corrected chi connectivity index (χ3v) is 5.71. The van der Waals surface area contributed by atoms with Crippen LogP contribution in [0.3, 0.4) is 0 Å². The molecule has 1 aromatic heterocycles. The molecule has 0 saturated heterocycles. The Hall–Kier alpha value is -3.60. The predicted molar refractivity (Wildman–Crippen MR) is 144 cm³/mol. The smallest absolute Gasteiger partial charge is 0.186 e. The van der Waals surface area contributed by atoms with Crippen LogP contribution in [0.4, 0.5) is 5.82 Å². The fourth-order valence-corrected chi connectivity index (χ4v) is 3.92. The van der Waals surface area contributed by atoms with Crippen LogP contribution in [0.2, 0.25) is 0 Å². The number of nitrogens with two attached hydrogens (primary N) is 3.